The molecule has 0 aliphatic carbocycles. The fraction of sp³-hybridized carbons (Fsp3) is 0.500. The second-order valence-electron chi connectivity index (χ2n) is 5.18. The highest BCUT2D eigenvalue weighted by Gasteiger charge is 2.32. The number of methoxy groups -OCH3 is 1. The Bertz CT molecular complexity index is 641. The van der Waals surface area contributed by atoms with Crippen molar-refractivity contribution in [3.05, 3.63) is 23.8 Å². The largest absolute Gasteiger partial charge is 0.550 e. The minimum absolute atomic E-state index is 0.0538. The third kappa shape index (κ3) is 3.19. The Morgan fingerprint density at radius 3 is 2.76 bits per heavy atom. The average Bonchev–Trinajstić information content (AvgIpc) is 2.47. The maximum atomic E-state index is 12.7. The van der Waals surface area contributed by atoms with Gasteiger partial charge in [-0.3, -0.25) is 0 Å². The Morgan fingerprint density at radius 1 is 1.43 bits per heavy atom. The summed E-state index contributed by atoms with van der Waals surface area (Å²) in [4.78, 5) is 11.1. The number of nitrogens with zero attached hydrogens (tertiary/aromatic N) is 1. The van der Waals surface area contributed by atoms with Gasteiger partial charge in [0.15, 0.2) is 0 Å². The summed E-state index contributed by atoms with van der Waals surface area (Å²) in [6, 6.07) is 4.90. The number of aliphatic carboxylic acids is 1. The quantitative estimate of drug-likeness (QED) is 0.790. The Balaban J connectivity index is 2.38. The lowest BCUT2D eigenvalue weighted by Crippen LogP contribution is -2.46. The zero-order valence-corrected chi connectivity index (χ0v) is 12.9. The van der Waals surface area contributed by atoms with E-state index in [9.17, 15) is 18.3 Å². The molecule has 0 spiro atoms. The predicted molar refractivity (Wildman–Crippen MR) is 74.2 cm³/mol. The van der Waals surface area contributed by atoms with Crippen LogP contribution in [0.5, 0.6) is 5.75 Å². The summed E-state index contributed by atoms with van der Waals surface area (Å²) in [7, 11) is -2.37. The second-order valence-corrected chi connectivity index (χ2v) is 7.08. The van der Waals surface area contributed by atoms with Crippen molar-refractivity contribution in [2.75, 3.05) is 20.2 Å². The molecule has 1 fully saturated rings. The number of carboxylic acids is 1. The molecule has 116 valence electrons. The Hall–Kier alpha value is -1.60. The third-order valence-corrected chi connectivity index (χ3v) is 5.54. The van der Waals surface area contributed by atoms with E-state index in [-0.39, 0.29) is 17.2 Å². The second kappa shape index (κ2) is 6.03. The number of hydrogen-bond donors (Lipinski definition) is 0. The van der Waals surface area contributed by atoms with Crippen molar-refractivity contribution in [2.45, 2.75) is 24.7 Å². The van der Waals surface area contributed by atoms with Gasteiger partial charge in [-0.2, -0.15) is 4.31 Å². The van der Waals surface area contributed by atoms with Crippen LogP contribution in [0, 0.1) is 12.8 Å². The van der Waals surface area contributed by atoms with Gasteiger partial charge < -0.3 is 14.6 Å². The summed E-state index contributed by atoms with van der Waals surface area (Å²) in [5.74, 6) is -1.70. The molecule has 0 saturated carbocycles. The zero-order chi connectivity index (χ0) is 15.6. The van der Waals surface area contributed by atoms with E-state index in [1.54, 1.807) is 19.1 Å². The molecular weight excluding hydrogens is 294 g/mol. The number of carbonyl (C=O) groups excluding carboxylic acids is 1. The van der Waals surface area contributed by atoms with Gasteiger partial charge in [0.05, 0.1) is 7.11 Å². The first-order valence-corrected chi connectivity index (χ1v) is 8.16. The molecule has 1 aromatic rings. The molecule has 0 N–H and O–H groups in total. The van der Waals surface area contributed by atoms with E-state index in [4.69, 9.17) is 4.74 Å². The van der Waals surface area contributed by atoms with Gasteiger partial charge in [-0.1, -0.05) is 6.07 Å². The zero-order valence-electron chi connectivity index (χ0n) is 12.0. The molecule has 1 heterocycles. The van der Waals surface area contributed by atoms with Crippen molar-refractivity contribution in [3.63, 3.8) is 0 Å². The lowest BCUT2D eigenvalue weighted by atomic mass is 10.0. The van der Waals surface area contributed by atoms with Crippen LogP contribution >= 0.6 is 0 Å². The number of aryl methyl sites for hydroxylation is 1. The minimum Gasteiger partial charge on any atom is -0.550 e. The van der Waals surface area contributed by atoms with Crippen LogP contribution in [-0.2, 0) is 14.8 Å². The van der Waals surface area contributed by atoms with Crippen LogP contribution in [0.3, 0.4) is 0 Å². The van der Waals surface area contributed by atoms with Crippen molar-refractivity contribution in [1.82, 2.24) is 4.31 Å². The maximum absolute atomic E-state index is 12.7. The van der Waals surface area contributed by atoms with Crippen LogP contribution in [0.2, 0.25) is 0 Å². The van der Waals surface area contributed by atoms with Crippen LogP contribution in [0.4, 0.5) is 0 Å². The molecular formula is C14H18NO5S-. The lowest BCUT2D eigenvalue weighted by molar-refractivity contribution is -0.312. The van der Waals surface area contributed by atoms with Crippen LogP contribution < -0.4 is 9.84 Å². The highest BCUT2D eigenvalue weighted by Crippen LogP contribution is 2.30. The van der Waals surface area contributed by atoms with E-state index < -0.39 is 21.9 Å². The van der Waals surface area contributed by atoms with Crippen LogP contribution in [-0.4, -0.2) is 38.9 Å². The minimum atomic E-state index is -3.78. The van der Waals surface area contributed by atoms with E-state index in [2.05, 4.69) is 0 Å². The van der Waals surface area contributed by atoms with Gasteiger partial charge >= 0.3 is 0 Å². The summed E-state index contributed by atoms with van der Waals surface area (Å²) < 4.78 is 31.8. The molecule has 7 heteroatoms. The average molecular weight is 312 g/mol. The normalized spacial score (nSPS) is 20.2. The highest BCUT2D eigenvalue weighted by atomic mass is 32.2. The smallest absolute Gasteiger partial charge is 0.246 e. The predicted octanol–water partition coefficient (Wildman–Crippen LogP) is 0.154. The standard InChI is InChI=1S/C14H19NO5S/c1-10-5-6-12(20-2)13(8-10)21(18,19)15-7-3-4-11(9-15)14(16)17/h5-6,8,11H,3-4,7,9H2,1-2H3,(H,16,17)/p-1/t11-/m0/s1. The van der Waals surface area contributed by atoms with Gasteiger partial charge in [0.1, 0.15) is 10.6 Å². The van der Waals surface area contributed by atoms with Crippen LogP contribution in [0.15, 0.2) is 23.1 Å². The van der Waals surface area contributed by atoms with Gasteiger partial charge in [-0.15, -0.1) is 0 Å². The molecule has 6 nitrogen and oxygen atoms in total. The first-order valence-electron chi connectivity index (χ1n) is 6.72. The number of sulfonamides is 1. The van der Waals surface area contributed by atoms with Gasteiger partial charge in [0.2, 0.25) is 10.0 Å². The van der Waals surface area contributed by atoms with Crippen molar-refractivity contribution >= 4 is 16.0 Å². The summed E-state index contributed by atoms with van der Waals surface area (Å²) in [5, 5.41) is 11.0. The summed E-state index contributed by atoms with van der Waals surface area (Å²) >= 11 is 0. The molecule has 2 rings (SSSR count). The van der Waals surface area contributed by atoms with Gasteiger partial charge in [0.25, 0.3) is 0 Å². The highest BCUT2D eigenvalue weighted by molar-refractivity contribution is 7.89. The molecule has 1 saturated heterocycles. The molecule has 1 atom stereocenters. The Labute approximate surface area is 124 Å². The number of rotatable bonds is 4. The van der Waals surface area contributed by atoms with Gasteiger partial charge in [-0.25, -0.2) is 8.42 Å². The molecule has 0 bridgehead atoms. The molecule has 0 unspecified atom stereocenters. The summed E-state index contributed by atoms with van der Waals surface area (Å²) in [6.07, 6.45) is 0.950. The number of hydrogen-bond acceptors (Lipinski definition) is 5. The van der Waals surface area contributed by atoms with Gasteiger partial charge in [0, 0.05) is 25.0 Å². The SMILES string of the molecule is COc1ccc(C)cc1S(=O)(=O)N1CCC[C@H](C(=O)[O-])C1. The van der Waals surface area contributed by atoms with Crippen molar-refractivity contribution < 1.29 is 23.1 Å². The fourth-order valence-electron chi connectivity index (χ4n) is 2.48. The topological polar surface area (TPSA) is 86.7 Å². The van der Waals surface area contributed by atoms with Crippen molar-refractivity contribution in [3.8, 4) is 5.75 Å². The van der Waals surface area contributed by atoms with Crippen LogP contribution in [0.25, 0.3) is 0 Å². The third-order valence-electron chi connectivity index (χ3n) is 3.65. The maximum Gasteiger partial charge on any atom is 0.246 e. The number of carboxylic acid groups (broad SMARTS) is 1. The van der Waals surface area contributed by atoms with E-state index in [1.807, 2.05) is 0 Å². The monoisotopic (exact) mass is 312 g/mol. The van der Waals surface area contributed by atoms with Crippen LogP contribution in [0.1, 0.15) is 18.4 Å². The number of carbonyl (C=O) groups is 1. The summed E-state index contributed by atoms with van der Waals surface area (Å²) in [6.45, 7) is 2.05. The first kappa shape index (κ1) is 15.8. The molecule has 21 heavy (non-hydrogen) atoms. The number of benzene rings is 1. The Kier molecular flexibility index (Phi) is 4.53. The molecule has 0 aromatic heterocycles. The molecule has 0 amide bonds. The molecule has 0 radical (unpaired) electrons. The first-order chi connectivity index (χ1) is 9.86. The van der Waals surface area contributed by atoms with E-state index >= 15 is 0 Å². The van der Waals surface area contributed by atoms with E-state index in [1.165, 1.54) is 17.5 Å². The molecule has 1 aliphatic rings. The number of piperidine rings is 1. The fourth-order valence-corrected chi connectivity index (χ4v) is 4.24. The van der Waals surface area contributed by atoms with Gasteiger partial charge in [-0.05, 0) is 37.5 Å². The van der Waals surface area contributed by atoms with Crippen molar-refractivity contribution in [2.24, 2.45) is 5.92 Å². The molecule has 1 aromatic carbocycles. The number of ether oxygens (including phenoxy) is 1. The molecule has 1 aliphatic heterocycles. The van der Waals surface area contributed by atoms with Crippen molar-refractivity contribution in [1.29, 1.82) is 0 Å². The lowest BCUT2D eigenvalue weighted by Gasteiger charge is -2.32. The Morgan fingerprint density at radius 2 is 2.14 bits per heavy atom. The van der Waals surface area contributed by atoms with E-state index in [0.717, 1.165) is 5.56 Å². The van der Waals surface area contributed by atoms with E-state index in [0.29, 0.717) is 19.4 Å². The summed E-state index contributed by atoms with van der Waals surface area (Å²) in [5.41, 5.74) is 0.794.